The molecule has 41 heavy (non-hydrogen) atoms. The molecule has 5 nitrogen and oxygen atoms in total. The number of benzene rings is 2. The molecule has 0 aliphatic rings. The van der Waals surface area contributed by atoms with E-state index in [0.29, 0.717) is 5.75 Å². The zero-order chi connectivity index (χ0) is 31.6. The minimum Gasteiger partial charge on any atom is -0.480 e. The summed E-state index contributed by atoms with van der Waals surface area (Å²) < 4.78 is 11.1. The van der Waals surface area contributed by atoms with Crippen LogP contribution in [0.4, 0.5) is 0 Å². The molecule has 1 N–H and O–H groups in total. The fraction of sp³-hybridized carbons (Fsp3) is 0.588. The maximum atomic E-state index is 12.7. The van der Waals surface area contributed by atoms with Gasteiger partial charge in [0.15, 0.2) is 0 Å². The van der Waals surface area contributed by atoms with E-state index in [1.165, 1.54) is 16.0 Å². The second-order valence-corrected chi connectivity index (χ2v) is 17.9. The Morgan fingerprint density at radius 3 is 1.46 bits per heavy atom. The molecule has 0 aliphatic carbocycles. The molecule has 0 amide bonds. The molecule has 1 atom stereocenters. The monoisotopic (exact) mass is 602 g/mol. The first-order chi connectivity index (χ1) is 18.5. The summed E-state index contributed by atoms with van der Waals surface area (Å²) >= 11 is 3.67. The molecule has 0 heterocycles. The van der Waals surface area contributed by atoms with Gasteiger partial charge in [0, 0.05) is 20.9 Å². The Hall–Kier alpha value is -1.96. The molecule has 7 heteroatoms. The first kappa shape index (κ1) is 35.2. The van der Waals surface area contributed by atoms with Crippen molar-refractivity contribution >= 4 is 35.5 Å². The average Bonchev–Trinajstić information content (AvgIpc) is 2.76. The van der Waals surface area contributed by atoms with E-state index in [4.69, 9.17) is 14.6 Å². The lowest BCUT2D eigenvalue weighted by atomic mass is 9.79. The van der Waals surface area contributed by atoms with Crippen LogP contribution in [-0.2, 0) is 36.0 Å². The first-order valence-electron chi connectivity index (χ1n) is 14.2. The number of thioether (sulfide) groups is 2. The highest BCUT2D eigenvalue weighted by molar-refractivity contribution is 8.17. The van der Waals surface area contributed by atoms with Crippen LogP contribution in [0.25, 0.3) is 0 Å². The molecule has 2 aromatic carbocycles. The Bertz CT molecular complexity index is 1170. The Morgan fingerprint density at radius 2 is 1.10 bits per heavy atom. The zero-order valence-corrected chi connectivity index (χ0v) is 28.9. The highest BCUT2D eigenvalue weighted by Crippen LogP contribution is 2.45. The summed E-state index contributed by atoms with van der Waals surface area (Å²) in [7, 11) is 0. The van der Waals surface area contributed by atoms with Crippen LogP contribution in [0.5, 0.6) is 5.75 Å². The molecule has 0 fully saturated rings. The number of ether oxygens (including phenoxy) is 2. The topological polar surface area (TPSA) is 72.8 Å². The van der Waals surface area contributed by atoms with Gasteiger partial charge in [-0.15, -0.1) is 23.5 Å². The number of esters is 1. The molecular formula is C34H50O5S2. The Balaban J connectivity index is 2.47. The van der Waals surface area contributed by atoms with Crippen molar-refractivity contribution in [1.29, 1.82) is 0 Å². The number of hydrogen-bond donors (Lipinski definition) is 1. The standard InChI is InChI=1S/C34H50O5S2/c1-21(40-24-15-22(31(2,3)4)14-23(16-24)32(5,6)7)41-25-17-26(33(8,9)10)30(27(18-25)34(11,12)13)39-29(37)20-38-19-28(35)36/h14-18,21H,19-20H2,1-13H3,(H,35,36). The van der Waals surface area contributed by atoms with Crippen molar-refractivity contribution in [2.24, 2.45) is 0 Å². The van der Waals surface area contributed by atoms with Crippen molar-refractivity contribution in [2.75, 3.05) is 13.2 Å². The van der Waals surface area contributed by atoms with Gasteiger partial charge in [0.05, 0.1) is 4.58 Å². The van der Waals surface area contributed by atoms with Gasteiger partial charge >= 0.3 is 11.9 Å². The third-order valence-corrected chi connectivity index (χ3v) is 8.84. The van der Waals surface area contributed by atoms with Crippen LogP contribution in [0.3, 0.4) is 0 Å². The van der Waals surface area contributed by atoms with Gasteiger partial charge in [-0.05, 0) is 64.0 Å². The Morgan fingerprint density at radius 1 is 0.683 bits per heavy atom. The highest BCUT2D eigenvalue weighted by Gasteiger charge is 2.30. The van der Waals surface area contributed by atoms with Gasteiger partial charge < -0.3 is 14.6 Å². The van der Waals surface area contributed by atoms with Crippen LogP contribution in [0.2, 0.25) is 0 Å². The number of carboxylic acid groups (broad SMARTS) is 1. The van der Waals surface area contributed by atoms with Gasteiger partial charge in [-0.3, -0.25) is 0 Å². The van der Waals surface area contributed by atoms with Crippen LogP contribution < -0.4 is 4.74 Å². The van der Waals surface area contributed by atoms with Crippen molar-refractivity contribution in [1.82, 2.24) is 0 Å². The van der Waals surface area contributed by atoms with Gasteiger partial charge in [0.25, 0.3) is 0 Å². The molecule has 2 aromatic rings. The second-order valence-electron chi connectivity index (χ2n) is 14.8. The van der Waals surface area contributed by atoms with E-state index in [0.717, 1.165) is 16.0 Å². The van der Waals surface area contributed by atoms with Gasteiger partial charge in [-0.2, -0.15) is 0 Å². The molecule has 0 spiro atoms. The average molecular weight is 603 g/mol. The highest BCUT2D eigenvalue weighted by atomic mass is 32.2. The second kappa shape index (κ2) is 13.1. The van der Waals surface area contributed by atoms with E-state index in [1.54, 1.807) is 11.8 Å². The van der Waals surface area contributed by atoms with Crippen LogP contribution in [0, 0.1) is 0 Å². The predicted molar refractivity (Wildman–Crippen MR) is 173 cm³/mol. The summed E-state index contributed by atoms with van der Waals surface area (Å²) in [6.07, 6.45) is 0. The molecule has 2 rings (SSSR count). The smallest absolute Gasteiger partial charge is 0.337 e. The summed E-state index contributed by atoms with van der Waals surface area (Å²) in [6.45, 7) is 27.4. The lowest BCUT2D eigenvalue weighted by Crippen LogP contribution is -2.24. The number of rotatable bonds is 9. The lowest BCUT2D eigenvalue weighted by molar-refractivity contribution is -0.147. The summed E-state index contributed by atoms with van der Waals surface area (Å²) in [5, 5.41) is 8.83. The van der Waals surface area contributed by atoms with E-state index in [1.807, 2.05) is 11.8 Å². The Kier molecular flexibility index (Phi) is 11.3. The van der Waals surface area contributed by atoms with Crippen molar-refractivity contribution in [2.45, 2.75) is 126 Å². The van der Waals surface area contributed by atoms with E-state index in [-0.39, 0.29) is 26.2 Å². The van der Waals surface area contributed by atoms with Crippen molar-refractivity contribution in [3.8, 4) is 5.75 Å². The summed E-state index contributed by atoms with van der Waals surface area (Å²) in [6, 6.07) is 11.3. The summed E-state index contributed by atoms with van der Waals surface area (Å²) in [5.74, 6) is -1.21. The van der Waals surface area contributed by atoms with E-state index in [2.05, 4.69) is 120 Å². The van der Waals surface area contributed by atoms with Crippen LogP contribution >= 0.6 is 23.5 Å². The maximum absolute atomic E-state index is 12.7. The third kappa shape index (κ3) is 10.7. The molecule has 0 aromatic heterocycles. The van der Waals surface area contributed by atoms with Crippen molar-refractivity contribution in [3.63, 3.8) is 0 Å². The summed E-state index contributed by atoms with van der Waals surface area (Å²) in [5.41, 5.74) is 4.06. The molecule has 1 unspecified atom stereocenters. The molecule has 0 saturated carbocycles. The molecule has 0 bridgehead atoms. The zero-order valence-electron chi connectivity index (χ0n) is 27.3. The van der Waals surface area contributed by atoms with Crippen LogP contribution in [0.15, 0.2) is 40.1 Å². The molecule has 228 valence electrons. The molecule has 0 radical (unpaired) electrons. The number of hydrogen-bond acceptors (Lipinski definition) is 6. The minimum atomic E-state index is -1.13. The van der Waals surface area contributed by atoms with Gasteiger partial charge in [0.1, 0.15) is 19.0 Å². The first-order valence-corrected chi connectivity index (χ1v) is 15.9. The fourth-order valence-corrected chi connectivity index (χ4v) is 6.59. The van der Waals surface area contributed by atoms with Gasteiger partial charge in [-0.1, -0.05) is 89.2 Å². The molecular weight excluding hydrogens is 553 g/mol. The SMILES string of the molecule is CC(Sc1cc(C(C)(C)C)cc(C(C)(C)C)c1)Sc1cc(C(C)(C)C)c(OC(=O)COCC(=O)O)c(C(C)(C)C)c1. The van der Waals surface area contributed by atoms with Crippen molar-refractivity contribution < 1.29 is 24.2 Å². The largest absolute Gasteiger partial charge is 0.480 e. The fourth-order valence-electron chi connectivity index (χ4n) is 4.20. The van der Waals surface area contributed by atoms with Crippen molar-refractivity contribution in [3.05, 3.63) is 52.6 Å². The number of carbonyl (C=O) groups is 2. The quantitative estimate of drug-likeness (QED) is 0.133. The van der Waals surface area contributed by atoms with E-state index < -0.39 is 25.2 Å². The van der Waals surface area contributed by atoms with Gasteiger partial charge in [0.2, 0.25) is 0 Å². The number of aliphatic carboxylic acids is 1. The molecule has 0 saturated heterocycles. The normalized spacial score (nSPS) is 13.7. The van der Waals surface area contributed by atoms with Crippen LogP contribution in [-0.4, -0.2) is 34.8 Å². The minimum absolute atomic E-state index is 0.0576. The Labute approximate surface area is 256 Å². The number of carbonyl (C=O) groups excluding carboxylic acids is 1. The van der Waals surface area contributed by atoms with Gasteiger partial charge in [-0.25, -0.2) is 9.59 Å². The predicted octanol–water partition coefficient (Wildman–Crippen LogP) is 9.11. The lowest BCUT2D eigenvalue weighted by Gasteiger charge is -2.30. The third-order valence-electron chi connectivity index (χ3n) is 6.58. The summed E-state index contributed by atoms with van der Waals surface area (Å²) in [4.78, 5) is 25.8. The van der Waals surface area contributed by atoms with E-state index in [9.17, 15) is 9.59 Å². The maximum Gasteiger partial charge on any atom is 0.337 e. The number of carboxylic acids is 1. The van der Waals surface area contributed by atoms with E-state index >= 15 is 0 Å². The van der Waals surface area contributed by atoms with Crippen LogP contribution in [0.1, 0.15) is 112 Å². The molecule has 0 aliphatic heterocycles.